The largest absolute Gasteiger partial charge is 0.494 e. The van der Waals surface area contributed by atoms with E-state index in [9.17, 15) is 23.2 Å². The average molecular weight is 473 g/mol. The Morgan fingerprint density at radius 3 is 2.74 bits per heavy atom. The number of halogens is 2. The number of fused-ring (bicyclic) bond motifs is 1. The second-order valence-corrected chi connectivity index (χ2v) is 8.49. The molecule has 2 aliphatic heterocycles. The predicted molar refractivity (Wildman–Crippen MR) is 117 cm³/mol. The number of urea groups is 1. The molecule has 0 radical (unpaired) electrons. The molecule has 0 bridgehead atoms. The van der Waals surface area contributed by atoms with Gasteiger partial charge in [0, 0.05) is 24.1 Å². The third-order valence-corrected chi connectivity index (χ3v) is 5.93. The molecule has 2 unspecified atom stereocenters. The molecule has 2 aromatic carbocycles. The van der Waals surface area contributed by atoms with E-state index in [2.05, 4.69) is 10.6 Å². The summed E-state index contributed by atoms with van der Waals surface area (Å²) in [5, 5.41) is 5.16. The molecule has 2 heterocycles. The lowest BCUT2D eigenvalue weighted by Gasteiger charge is -2.22. The summed E-state index contributed by atoms with van der Waals surface area (Å²) in [7, 11) is 0. The van der Waals surface area contributed by atoms with Gasteiger partial charge in [-0.15, -0.1) is 0 Å². The predicted octanol–water partition coefficient (Wildman–Crippen LogP) is 2.77. The molecule has 1 fully saturated rings. The zero-order valence-electron chi connectivity index (χ0n) is 19.0. The summed E-state index contributed by atoms with van der Waals surface area (Å²) >= 11 is 0. The van der Waals surface area contributed by atoms with Gasteiger partial charge >= 0.3 is 6.03 Å². The molecular weight excluding hydrogens is 448 g/mol. The number of hydrogen-bond donors (Lipinski definition) is 2. The molecule has 2 atom stereocenters. The summed E-state index contributed by atoms with van der Waals surface area (Å²) in [6.07, 6.45) is 0.822. The molecule has 10 heteroatoms. The number of amides is 4. The Kier molecular flexibility index (Phi) is 6.16. The second kappa shape index (κ2) is 8.92. The van der Waals surface area contributed by atoms with E-state index in [0.29, 0.717) is 17.9 Å². The lowest BCUT2D eigenvalue weighted by Crippen LogP contribution is -2.43. The summed E-state index contributed by atoms with van der Waals surface area (Å²) in [4.78, 5) is 38.7. The maximum atomic E-state index is 13.7. The van der Waals surface area contributed by atoms with Gasteiger partial charge < -0.3 is 20.1 Å². The maximum absolute atomic E-state index is 13.7. The Hall–Kier alpha value is -3.69. The van der Waals surface area contributed by atoms with E-state index in [0.717, 1.165) is 34.8 Å². The van der Waals surface area contributed by atoms with Crippen molar-refractivity contribution in [1.82, 2.24) is 15.5 Å². The van der Waals surface area contributed by atoms with E-state index in [4.69, 9.17) is 9.47 Å². The van der Waals surface area contributed by atoms with Crippen molar-refractivity contribution in [3.8, 4) is 11.5 Å². The number of hydrogen-bond acceptors (Lipinski definition) is 5. The molecule has 4 rings (SSSR count). The van der Waals surface area contributed by atoms with Crippen LogP contribution in [0.25, 0.3) is 0 Å². The quantitative estimate of drug-likeness (QED) is 0.603. The van der Waals surface area contributed by atoms with E-state index in [-0.39, 0.29) is 18.2 Å². The average Bonchev–Trinajstić information content (AvgIpc) is 3.25. The molecule has 2 N–H and O–H groups in total. The number of carbonyl (C=O) groups excluding carboxylic acids is 3. The Balaban J connectivity index is 1.44. The first-order valence-electron chi connectivity index (χ1n) is 10.9. The first-order valence-corrected chi connectivity index (χ1v) is 10.9. The smallest absolute Gasteiger partial charge is 0.325 e. The van der Waals surface area contributed by atoms with Gasteiger partial charge in [-0.2, -0.15) is 0 Å². The Morgan fingerprint density at radius 1 is 1.26 bits per heavy atom. The maximum Gasteiger partial charge on any atom is 0.325 e. The lowest BCUT2D eigenvalue weighted by atomic mass is 9.92. The van der Waals surface area contributed by atoms with Crippen molar-refractivity contribution in [3.63, 3.8) is 0 Å². The van der Waals surface area contributed by atoms with Crippen LogP contribution in [0.2, 0.25) is 0 Å². The summed E-state index contributed by atoms with van der Waals surface area (Å²) < 4.78 is 38.5. The van der Waals surface area contributed by atoms with Gasteiger partial charge in [0.05, 0.1) is 6.61 Å². The second-order valence-electron chi connectivity index (χ2n) is 8.49. The molecule has 1 saturated heterocycles. The van der Waals surface area contributed by atoms with Gasteiger partial charge in [0.15, 0.2) is 11.6 Å². The van der Waals surface area contributed by atoms with Crippen LogP contribution >= 0.6 is 0 Å². The van der Waals surface area contributed by atoms with Crippen LogP contribution in [0.1, 0.15) is 37.5 Å². The van der Waals surface area contributed by atoms with Crippen LogP contribution in [0.15, 0.2) is 30.3 Å². The molecule has 0 aliphatic carbocycles. The van der Waals surface area contributed by atoms with E-state index in [1.165, 1.54) is 13.0 Å². The van der Waals surface area contributed by atoms with Gasteiger partial charge in [0.25, 0.3) is 5.91 Å². The fraction of sp³-hybridized carbons (Fsp3) is 0.375. The standard InChI is InChI=1S/C24H25F2N3O5/c1-4-33-19-8-14-7-13(2)34-20(14)9-15(19)11-27-21(30)12-29-22(31)24(3,28-23(29)32)16-5-6-17(25)18(26)10-16/h5-6,8-10,13H,4,7,11-12H2,1-3H3,(H,27,30)(H,28,32). The molecule has 4 amide bonds. The van der Waals surface area contributed by atoms with Gasteiger partial charge in [-0.3, -0.25) is 14.5 Å². The topological polar surface area (TPSA) is 97.0 Å². The van der Waals surface area contributed by atoms with Crippen LogP contribution in [-0.4, -0.2) is 42.0 Å². The van der Waals surface area contributed by atoms with Crippen LogP contribution in [-0.2, 0) is 28.1 Å². The Bertz CT molecular complexity index is 1170. The highest BCUT2D eigenvalue weighted by Crippen LogP contribution is 2.35. The zero-order valence-corrected chi connectivity index (χ0v) is 19.0. The van der Waals surface area contributed by atoms with Gasteiger partial charge in [-0.1, -0.05) is 6.07 Å². The minimum absolute atomic E-state index is 0.0536. The monoisotopic (exact) mass is 473 g/mol. The summed E-state index contributed by atoms with van der Waals surface area (Å²) in [5.74, 6) is -2.17. The van der Waals surface area contributed by atoms with Crippen molar-refractivity contribution < 1.29 is 32.6 Å². The number of nitrogens with zero attached hydrogens (tertiary/aromatic N) is 1. The Morgan fingerprint density at radius 2 is 2.03 bits per heavy atom. The van der Waals surface area contributed by atoms with Crippen molar-refractivity contribution in [2.75, 3.05) is 13.2 Å². The van der Waals surface area contributed by atoms with E-state index in [1.807, 2.05) is 26.0 Å². The minimum atomic E-state index is -1.62. The third-order valence-electron chi connectivity index (χ3n) is 5.93. The molecule has 0 aromatic heterocycles. The van der Waals surface area contributed by atoms with E-state index < -0.39 is 41.6 Å². The molecule has 34 heavy (non-hydrogen) atoms. The third kappa shape index (κ3) is 4.27. The van der Waals surface area contributed by atoms with Crippen molar-refractivity contribution in [2.24, 2.45) is 0 Å². The summed E-state index contributed by atoms with van der Waals surface area (Å²) in [6.45, 7) is 5.21. The molecule has 2 aliphatic rings. The molecule has 8 nitrogen and oxygen atoms in total. The highest BCUT2D eigenvalue weighted by atomic mass is 19.2. The fourth-order valence-electron chi connectivity index (χ4n) is 4.15. The highest BCUT2D eigenvalue weighted by molar-refractivity contribution is 6.09. The SMILES string of the molecule is CCOc1cc2c(cc1CNC(=O)CN1C(=O)NC(C)(c3ccc(F)c(F)c3)C1=O)OC(C)C2. The number of nitrogens with one attached hydrogen (secondary N) is 2. The first-order chi connectivity index (χ1) is 16.1. The van der Waals surface area contributed by atoms with Crippen LogP contribution in [0, 0.1) is 11.6 Å². The molecule has 2 aromatic rings. The molecule has 0 spiro atoms. The number of benzene rings is 2. The van der Waals surface area contributed by atoms with Crippen LogP contribution in [0.4, 0.5) is 13.6 Å². The number of imide groups is 1. The van der Waals surface area contributed by atoms with Crippen molar-refractivity contribution in [3.05, 3.63) is 58.7 Å². The summed E-state index contributed by atoms with van der Waals surface area (Å²) in [6, 6.07) is 5.85. The van der Waals surface area contributed by atoms with Gasteiger partial charge in [0.1, 0.15) is 29.7 Å². The zero-order chi connectivity index (χ0) is 24.6. The van der Waals surface area contributed by atoms with Crippen molar-refractivity contribution in [1.29, 1.82) is 0 Å². The van der Waals surface area contributed by atoms with Gasteiger partial charge in [0.2, 0.25) is 5.91 Å². The first kappa shape index (κ1) is 23.5. The summed E-state index contributed by atoms with van der Waals surface area (Å²) in [5.41, 5.74) is 0.178. The van der Waals surface area contributed by atoms with E-state index in [1.54, 1.807) is 0 Å². The van der Waals surface area contributed by atoms with E-state index >= 15 is 0 Å². The number of carbonyl (C=O) groups is 3. The fourth-order valence-corrected chi connectivity index (χ4v) is 4.15. The number of ether oxygens (including phenoxy) is 2. The minimum Gasteiger partial charge on any atom is -0.494 e. The van der Waals surface area contributed by atoms with Crippen LogP contribution in [0.3, 0.4) is 0 Å². The highest BCUT2D eigenvalue weighted by Gasteiger charge is 2.49. The van der Waals surface area contributed by atoms with Gasteiger partial charge in [-0.05, 0) is 50.6 Å². The normalized spacial score (nSPS) is 21.2. The number of rotatable bonds is 7. The lowest BCUT2D eigenvalue weighted by molar-refractivity contribution is -0.134. The molecule has 180 valence electrons. The Labute approximate surface area is 195 Å². The van der Waals surface area contributed by atoms with Crippen molar-refractivity contribution in [2.45, 2.75) is 45.4 Å². The van der Waals surface area contributed by atoms with Crippen LogP contribution < -0.4 is 20.1 Å². The molecule has 0 saturated carbocycles. The van der Waals surface area contributed by atoms with Crippen molar-refractivity contribution >= 4 is 17.8 Å². The molecular formula is C24H25F2N3O5. The van der Waals surface area contributed by atoms with Crippen LogP contribution in [0.5, 0.6) is 11.5 Å². The van der Waals surface area contributed by atoms with Gasteiger partial charge in [-0.25, -0.2) is 13.6 Å².